The van der Waals surface area contributed by atoms with Gasteiger partial charge in [0.05, 0.1) is 30.2 Å². The topological polar surface area (TPSA) is 39.9 Å². The Morgan fingerprint density at radius 3 is 2.74 bits per heavy atom. The molecule has 1 saturated carbocycles. The molecule has 0 radical (unpaired) electrons. The van der Waals surface area contributed by atoms with E-state index in [1.54, 1.807) is 6.07 Å². The minimum absolute atomic E-state index is 0.0475. The summed E-state index contributed by atoms with van der Waals surface area (Å²) in [7, 11) is 0. The standard InChI is InChI=1S/C16H18F3N3O/c17-16(18,19)14-12-8-20-7-3-13(12)22(21-14)9-11-2-6-15(10-23-11)4-1-5-15/h3,7-8,11H,1-2,4-6,9-10H2. The Bertz CT molecular complexity index is 711. The second kappa shape index (κ2) is 5.19. The van der Waals surface area contributed by atoms with Crippen LogP contribution in [0, 0.1) is 5.41 Å². The predicted octanol–water partition coefficient (Wildman–Crippen LogP) is 3.80. The molecule has 2 aliphatic rings. The van der Waals surface area contributed by atoms with Gasteiger partial charge in [0.15, 0.2) is 5.69 Å². The highest BCUT2D eigenvalue weighted by Crippen LogP contribution is 2.48. The van der Waals surface area contributed by atoms with Crippen molar-refractivity contribution in [3.05, 3.63) is 24.2 Å². The summed E-state index contributed by atoms with van der Waals surface area (Å²) >= 11 is 0. The lowest BCUT2D eigenvalue weighted by atomic mass is 9.65. The first-order valence-electron chi connectivity index (χ1n) is 7.96. The van der Waals surface area contributed by atoms with Crippen molar-refractivity contribution in [2.75, 3.05) is 6.61 Å². The zero-order valence-corrected chi connectivity index (χ0v) is 12.6. The molecule has 0 aromatic carbocycles. The van der Waals surface area contributed by atoms with E-state index in [-0.39, 0.29) is 11.5 Å². The smallest absolute Gasteiger partial charge is 0.376 e. The van der Waals surface area contributed by atoms with E-state index in [4.69, 9.17) is 4.74 Å². The highest BCUT2D eigenvalue weighted by molar-refractivity contribution is 5.81. The molecule has 2 aromatic rings. The number of halogens is 3. The predicted molar refractivity (Wildman–Crippen MR) is 77.8 cm³/mol. The third kappa shape index (κ3) is 2.60. The molecule has 1 spiro atoms. The number of hydrogen-bond donors (Lipinski definition) is 0. The highest BCUT2D eigenvalue weighted by atomic mass is 19.4. The van der Waals surface area contributed by atoms with Crippen molar-refractivity contribution in [3.8, 4) is 0 Å². The molecule has 1 aliphatic carbocycles. The number of rotatable bonds is 2. The van der Waals surface area contributed by atoms with E-state index in [0.29, 0.717) is 17.5 Å². The summed E-state index contributed by atoms with van der Waals surface area (Å²) in [5.41, 5.74) is -0.0595. The van der Waals surface area contributed by atoms with Gasteiger partial charge in [0.25, 0.3) is 0 Å². The first-order chi connectivity index (χ1) is 11.0. The fourth-order valence-corrected chi connectivity index (χ4v) is 3.70. The van der Waals surface area contributed by atoms with Gasteiger partial charge >= 0.3 is 6.18 Å². The first kappa shape index (κ1) is 14.9. The Labute approximate surface area is 131 Å². The molecule has 0 N–H and O–H groups in total. The van der Waals surface area contributed by atoms with Gasteiger partial charge in [0, 0.05) is 12.4 Å². The van der Waals surface area contributed by atoms with E-state index in [1.807, 2.05) is 0 Å². The van der Waals surface area contributed by atoms with Crippen molar-refractivity contribution in [1.82, 2.24) is 14.8 Å². The van der Waals surface area contributed by atoms with Gasteiger partial charge in [-0.3, -0.25) is 9.67 Å². The molecule has 0 bridgehead atoms. The van der Waals surface area contributed by atoms with Gasteiger partial charge in [-0.05, 0) is 37.2 Å². The zero-order chi connectivity index (χ0) is 16.1. The fourth-order valence-electron chi connectivity index (χ4n) is 3.70. The largest absolute Gasteiger partial charge is 0.435 e. The van der Waals surface area contributed by atoms with Crippen LogP contribution in [0.25, 0.3) is 10.9 Å². The van der Waals surface area contributed by atoms with Gasteiger partial charge < -0.3 is 4.74 Å². The van der Waals surface area contributed by atoms with Crippen molar-refractivity contribution >= 4 is 10.9 Å². The Balaban J connectivity index is 1.57. The van der Waals surface area contributed by atoms with Crippen molar-refractivity contribution < 1.29 is 17.9 Å². The number of nitrogens with zero attached hydrogens (tertiary/aromatic N) is 3. The van der Waals surface area contributed by atoms with E-state index in [9.17, 15) is 13.2 Å². The van der Waals surface area contributed by atoms with Crippen molar-refractivity contribution in [3.63, 3.8) is 0 Å². The third-order valence-electron chi connectivity index (χ3n) is 5.23. The monoisotopic (exact) mass is 325 g/mol. The lowest BCUT2D eigenvalue weighted by Crippen LogP contribution is -2.42. The summed E-state index contributed by atoms with van der Waals surface area (Å²) in [6.07, 6.45) is 3.85. The molecule has 124 valence electrons. The van der Waals surface area contributed by atoms with E-state index in [2.05, 4.69) is 10.1 Å². The van der Waals surface area contributed by atoms with Gasteiger partial charge in [-0.15, -0.1) is 0 Å². The van der Waals surface area contributed by atoms with Crippen LogP contribution in [0.5, 0.6) is 0 Å². The summed E-state index contributed by atoms with van der Waals surface area (Å²) in [5, 5.41) is 3.84. The maximum atomic E-state index is 13.1. The third-order valence-corrected chi connectivity index (χ3v) is 5.23. The molecule has 23 heavy (non-hydrogen) atoms. The Hall–Kier alpha value is -1.63. The summed E-state index contributed by atoms with van der Waals surface area (Å²) in [5.74, 6) is 0. The normalized spacial score (nSPS) is 24.0. The summed E-state index contributed by atoms with van der Waals surface area (Å²) in [6.45, 7) is 1.08. The van der Waals surface area contributed by atoms with Crippen LogP contribution in [-0.4, -0.2) is 27.5 Å². The molecular formula is C16H18F3N3O. The molecule has 1 atom stereocenters. The van der Waals surface area contributed by atoms with E-state index >= 15 is 0 Å². The van der Waals surface area contributed by atoms with Gasteiger partial charge in [0.1, 0.15) is 0 Å². The van der Waals surface area contributed by atoms with Crippen molar-refractivity contribution in [1.29, 1.82) is 0 Å². The fraction of sp³-hybridized carbons (Fsp3) is 0.625. The molecule has 4 nitrogen and oxygen atoms in total. The zero-order valence-electron chi connectivity index (χ0n) is 12.6. The lowest BCUT2D eigenvalue weighted by Gasteiger charge is -2.46. The summed E-state index contributed by atoms with van der Waals surface area (Å²) in [6, 6.07) is 1.58. The average Bonchev–Trinajstić information content (AvgIpc) is 2.86. The minimum Gasteiger partial charge on any atom is -0.376 e. The summed E-state index contributed by atoms with van der Waals surface area (Å²) in [4.78, 5) is 3.80. The molecular weight excluding hydrogens is 307 g/mol. The SMILES string of the molecule is FC(F)(F)c1nn(CC2CCC3(CCC3)CO2)c2ccncc12. The van der Waals surface area contributed by atoms with Crippen LogP contribution in [0.3, 0.4) is 0 Å². The first-order valence-corrected chi connectivity index (χ1v) is 7.96. The van der Waals surface area contributed by atoms with Gasteiger partial charge in [-0.1, -0.05) is 6.42 Å². The number of hydrogen-bond acceptors (Lipinski definition) is 3. The summed E-state index contributed by atoms with van der Waals surface area (Å²) < 4.78 is 46.7. The van der Waals surface area contributed by atoms with Gasteiger partial charge in [-0.2, -0.15) is 18.3 Å². The molecule has 3 heterocycles. The quantitative estimate of drug-likeness (QED) is 0.843. The molecule has 7 heteroatoms. The minimum atomic E-state index is -4.48. The molecule has 1 aliphatic heterocycles. The number of fused-ring (bicyclic) bond motifs is 1. The molecule has 2 fully saturated rings. The van der Waals surface area contributed by atoms with Crippen LogP contribution in [0.4, 0.5) is 13.2 Å². The van der Waals surface area contributed by atoms with Crippen LogP contribution >= 0.6 is 0 Å². The van der Waals surface area contributed by atoms with E-state index in [0.717, 1.165) is 19.4 Å². The van der Waals surface area contributed by atoms with Crippen LogP contribution in [-0.2, 0) is 17.5 Å². The second-order valence-corrected chi connectivity index (χ2v) is 6.75. The lowest BCUT2D eigenvalue weighted by molar-refractivity contribution is -0.140. The highest BCUT2D eigenvalue weighted by Gasteiger charge is 2.41. The molecule has 4 rings (SSSR count). The maximum Gasteiger partial charge on any atom is 0.435 e. The van der Waals surface area contributed by atoms with Crippen LogP contribution in [0.2, 0.25) is 0 Å². The molecule has 1 unspecified atom stereocenters. The second-order valence-electron chi connectivity index (χ2n) is 6.75. The molecule has 0 amide bonds. The van der Waals surface area contributed by atoms with Crippen LogP contribution < -0.4 is 0 Å². The van der Waals surface area contributed by atoms with Gasteiger partial charge in [-0.25, -0.2) is 0 Å². The number of ether oxygens (including phenoxy) is 1. The number of alkyl halides is 3. The van der Waals surface area contributed by atoms with Crippen LogP contribution in [0.15, 0.2) is 18.5 Å². The van der Waals surface area contributed by atoms with Crippen molar-refractivity contribution in [2.24, 2.45) is 5.41 Å². The van der Waals surface area contributed by atoms with Crippen molar-refractivity contribution in [2.45, 2.75) is 50.9 Å². The molecule has 1 saturated heterocycles. The number of aromatic nitrogens is 3. The maximum absolute atomic E-state index is 13.1. The average molecular weight is 325 g/mol. The van der Waals surface area contributed by atoms with Gasteiger partial charge in [0.2, 0.25) is 0 Å². The Kier molecular flexibility index (Phi) is 3.37. The van der Waals surface area contributed by atoms with Crippen LogP contribution in [0.1, 0.15) is 37.8 Å². The number of pyridine rings is 1. The molecule has 2 aromatic heterocycles. The Morgan fingerprint density at radius 1 is 1.30 bits per heavy atom. The van der Waals surface area contributed by atoms with E-state index < -0.39 is 11.9 Å². The van der Waals surface area contributed by atoms with E-state index in [1.165, 1.54) is 36.3 Å². The Morgan fingerprint density at radius 2 is 2.13 bits per heavy atom.